The van der Waals surface area contributed by atoms with Crippen molar-refractivity contribution < 1.29 is 32.3 Å². The molecule has 0 heterocycles. The highest BCUT2D eigenvalue weighted by atomic mass is 32.2. The second-order valence-corrected chi connectivity index (χ2v) is 10.5. The van der Waals surface area contributed by atoms with Crippen molar-refractivity contribution in [2.45, 2.75) is 17.6 Å². The summed E-state index contributed by atoms with van der Waals surface area (Å²) in [6.07, 6.45) is 0. The first kappa shape index (κ1) is 26.5. The Morgan fingerprint density at radius 1 is 0.658 bits per heavy atom. The van der Waals surface area contributed by atoms with Gasteiger partial charge in [-0.25, -0.2) is 18.0 Å². The smallest absolute Gasteiger partial charge is 0.343 e. The van der Waals surface area contributed by atoms with Crippen LogP contribution in [0.15, 0.2) is 108 Å². The van der Waals surface area contributed by atoms with E-state index in [4.69, 9.17) is 9.47 Å². The number of hydrogen-bond acceptors (Lipinski definition) is 7. The Morgan fingerprint density at radius 2 is 1.24 bits per heavy atom. The molecule has 4 rings (SSSR count). The summed E-state index contributed by atoms with van der Waals surface area (Å²) in [5.41, 5.74) is 2.37. The third-order valence-corrected chi connectivity index (χ3v) is 7.36. The molecule has 0 atom stereocenters. The number of carbonyl (C=O) groups excluding carboxylic acids is 3. The zero-order valence-electron chi connectivity index (χ0n) is 20.5. The number of benzene rings is 4. The summed E-state index contributed by atoms with van der Waals surface area (Å²) in [5.74, 6) is -1.59. The molecule has 0 spiro atoms. The molecule has 0 amide bonds. The van der Waals surface area contributed by atoms with Gasteiger partial charge in [-0.05, 0) is 73.2 Å². The molecule has 38 heavy (non-hydrogen) atoms. The van der Waals surface area contributed by atoms with Crippen molar-refractivity contribution in [2.24, 2.45) is 0 Å². The maximum Gasteiger partial charge on any atom is 0.343 e. The average molecular weight is 529 g/mol. The molecule has 0 radical (unpaired) electrons. The number of Topliss-reactive ketones (excluding diaryl/α,β-unsaturated/α-hetero) is 1. The van der Waals surface area contributed by atoms with E-state index in [1.54, 1.807) is 66.7 Å². The van der Waals surface area contributed by atoms with E-state index in [2.05, 4.69) is 0 Å². The van der Waals surface area contributed by atoms with Gasteiger partial charge in [0, 0.05) is 5.56 Å². The zero-order chi connectivity index (χ0) is 27.1. The fourth-order valence-corrected chi connectivity index (χ4v) is 4.88. The van der Waals surface area contributed by atoms with Crippen LogP contribution in [0.4, 0.5) is 0 Å². The van der Waals surface area contributed by atoms with Gasteiger partial charge in [0.15, 0.2) is 22.2 Å². The molecule has 0 aliphatic carbocycles. The summed E-state index contributed by atoms with van der Waals surface area (Å²) in [6.45, 7) is 1.40. The lowest BCUT2D eigenvalue weighted by molar-refractivity contribution is 0.0474. The van der Waals surface area contributed by atoms with Gasteiger partial charge < -0.3 is 9.47 Å². The van der Waals surface area contributed by atoms with E-state index in [0.29, 0.717) is 11.1 Å². The van der Waals surface area contributed by atoms with E-state index in [-0.39, 0.29) is 27.5 Å². The number of aryl methyl sites for hydroxylation is 1. The largest absolute Gasteiger partial charge is 0.454 e. The van der Waals surface area contributed by atoms with E-state index in [9.17, 15) is 22.8 Å². The van der Waals surface area contributed by atoms with Gasteiger partial charge in [-0.15, -0.1) is 0 Å². The number of ether oxygens (including phenoxy) is 2. The number of ketones is 1. The zero-order valence-corrected chi connectivity index (χ0v) is 21.3. The predicted molar refractivity (Wildman–Crippen MR) is 141 cm³/mol. The quantitative estimate of drug-likeness (QED) is 0.166. The monoisotopic (exact) mass is 528 g/mol. The van der Waals surface area contributed by atoms with Crippen molar-refractivity contribution in [3.8, 4) is 5.75 Å². The molecule has 0 unspecified atom stereocenters. The van der Waals surface area contributed by atoms with E-state index in [1.807, 2.05) is 6.92 Å². The van der Waals surface area contributed by atoms with Crippen molar-refractivity contribution in [2.75, 3.05) is 6.61 Å². The van der Waals surface area contributed by atoms with Gasteiger partial charge in [0.2, 0.25) is 0 Å². The highest BCUT2D eigenvalue weighted by Gasteiger charge is 2.17. The molecular weight excluding hydrogens is 504 g/mol. The first-order valence-corrected chi connectivity index (χ1v) is 13.3. The second-order valence-electron chi connectivity index (χ2n) is 8.55. The molecular formula is C30H24O7S. The third kappa shape index (κ3) is 6.80. The van der Waals surface area contributed by atoms with E-state index >= 15 is 0 Å². The van der Waals surface area contributed by atoms with Crippen LogP contribution >= 0.6 is 0 Å². The van der Waals surface area contributed by atoms with E-state index in [1.165, 1.54) is 36.4 Å². The van der Waals surface area contributed by atoms with Gasteiger partial charge in [-0.3, -0.25) is 4.79 Å². The van der Waals surface area contributed by atoms with Crippen molar-refractivity contribution in [3.05, 3.63) is 131 Å². The molecule has 7 nitrogen and oxygen atoms in total. The van der Waals surface area contributed by atoms with Crippen molar-refractivity contribution in [3.63, 3.8) is 0 Å². The lowest BCUT2D eigenvalue weighted by Gasteiger charge is -2.08. The summed E-state index contributed by atoms with van der Waals surface area (Å²) in [7, 11) is -3.53. The van der Waals surface area contributed by atoms with Gasteiger partial charge in [0.25, 0.3) is 0 Å². The average Bonchev–Trinajstić information content (AvgIpc) is 2.93. The molecule has 0 fully saturated rings. The van der Waals surface area contributed by atoms with E-state index < -0.39 is 34.2 Å². The lowest BCUT2D eigenvalue weighted by atomic mass is 10.1. The van der Waals surface area contributed by atoms with Crippen LogP contribution in [0.2, 0.25) is 0 Å². The number of carbonyl (C=O) groups is 3. The Kier molecular flexibility index (Phi) is 8.13. The Labute approximate surface area is 220 Å². The molecule has 4 aromatic carbocycles. The van der Waals surface area contributed by atoms with Crippen LogP contribution in [0, 0.1) is 6.92 Å². The summed E-state index contributed by atoms with van der Waals surface area (Å²) < 4.78 is 35.7. The highest BCUT2D eigenvalue weighted by molar-refractivity contribution is 7.90. The van der Waals surface area contributed by atoms with Gasteiger partial charge in [0.1, 0.15) is 5.75 Å². The topological polar surface area (TPSA) is 104 Å². The maximum atomic E-state index is 12.6. The normalized spacial score (nSPS) is 11.0. The molecule has 0 aliphatic heterocycles. The van der Waals surface area contributed by atoms with Crippen LogP contribution in [0.5, 0.6) is 5.75 Å². The number of sulfone groups is 1. The van der Waals surface area contributed by atoms with Gasteiger partial charge in [0.05, 0.1) is 21.8 Å². The van der Waals surface area contributed by atoms with Crippen molar-refractivity contribution in [1.29, 1.82) is 0 Å². The minimum absolute atomic E-state index is 0.192. The Bertz CT molecular complexity index is 1540. The molecule has 0 N–H and O–H groups in total. The van der Waals surface area contributed by atoms with Crippen LogP contribution in [-0.4, -0.2) is 32.7 Å². The Hall–Kier alpha value is -4.56. The van der Waals surface area contributed by atoms with Crippen LogP contribution in [-0.2, 0) is 20.3 Å². The molecule has 0 bridgehead atoms. The van der Waals surface area contributed by atoms with Crippen LogP contribution in [0.25, 0.3) is 0 Å². The van der Waals surface area contributed by atoms with Crippen LogP contribution < -0.4 is 4.74 Å². The standard InChI is InChI=1S/C30H24O7S/c1-21-7-17-27(18-8-21)38(34,35)20-22-9-11-25(12-10-22)29(32)36-19-28(31)23-13-15-26(16-14-23)37-30(33)24-5-3-2-4-6-24/h2-18H,19-20H2,1H3. The Balaban J connectivity index is 1.29. The fraction of sp³-hybridized carbons (Fsp3) is 0.100. The summed E-state index contributed by atoms with van der Waals surface area (Å²) in [6, 6.07) is 27.1. The van der Waals surface area contributed by atoms with Gasteiger partial charge >= 0.3 is 11.9 Å². The summed E-state index contributed by atoms with van der Waals surface area (Å²) >= 11 is 0. The molecule has 0 saturated carbocycles. The minimum atomic E-state index is -3.53. The fourth-order valence-electron chi connectivity index (χ4n) is 3.53. The highest BCUT2D eigenvalue weighted by Crippen LogP contribution is 2.18. The van der Waals surface area contributed by atoms with Gasteiger partial charge in [-0.1, -0.05) is 48.0 Å². The minimum Gasteiger partial charge on any atom is -0.454 e. The van der Waals surface area contributed by atoms with Crippen LogP contribution in [0.1, 0.15) is 42.2 Å². The Morgan fingerprint density at radius 3 is 1.87 bits per heavy atom. The molecule has 0 aliphatic rings. The first-order chi connectivity index (χ1) is 18.2. The van der Waals surface area contributed by atoms with Crippen molar-refractivity contribution in [1.82, 2.24) is 0 Å². The number of esters is 2. The number of hydrogen-bond donors (Lipinski definition) is 0. The SMILES string of the molecule is Cc1ccc(S(=O)(=O)Cc2ccc(C(=O)OCC(=O)c3ccc(OC(=O)c4ccccc4)cc3)cc2)cc1. The first-order valence-electron chi connectivity index (χ1n) is 11.7. The lowest BCUT2D eigenvalue weighted by Crippen LogP contribution is -2.14. The summed E-state index contributed by atoms with van der Waals surface area (Å²) in [4.78, 5) is 37.2. The molecule has 0 aromatic heterocycles. The molecule has 4 aromatic rings. The third-order valence-electron chi connectivity index (χ3n) is 5.66. The maximum absolute atomic E-state index is 12.6. The van der Waals surface area contributed by atoms with Gasteiger partial charge in [-0.2, -0.15) is 0 Å². The predicted octanol–water partition coefficient (Wildman–Crippen LogP) is 5.23. The van der Waals surface area contributed by atoms with Crippen LogP contribution in [0.3, 0.4) is 0 Å². The second kappa shape index (κ2) is 11.7. The van der Waals surface area contributed by atoms with E-state index in [0.717, 1.165) is 5.56 Å². The molecule has 8 heteroatoms. The number of rotatable bonds is 9. The van der Waals surface area contributed by atoms with Crippen molar-refractivity contribution >= 4 is 27.6 Å². The molecule has 192 valence electrons. The molecule has 0 saturated heterocycles. The summed E-state index contributed by atoms with van der Waals surface area (Å²) in [5, 5.41) is 0.